The number of aliphatic hydroxyl groups is 1. The van der Waals surface area contributed by atoms with E-state index in [0.717, 1.165) is 6.92 Å². The zero-order valence-corrected chi connectivity index (χ0v) is 7.69. The molecule has 2 atom stereocenters. The van der Waals surface area contributed by atoms with Gasteiger partial charge in [-0.05, 0) is 6.92 Å². The van der Waals surface area contributed by atoms with E-state index < -0.39 is 29.2 Å². The largest absolute Gasteiger partial charge is 0.435 e. The first kappa shape index (κ1) is 10.4. The van der Waals surface area contributed by atoms with Gasteiger partial charge in [0.1, 0.15) is 11.8 Å². The van der Waals surface area contributed by atoms with E-state index in [1.165, 1.54) is 0 Å². The fourth-order valence-corrected chi connectivity index (χ4v) is 1.78. The molecule has 1 heterocycles. The molecular formula is C8H8F4N2O. The first-order valence-corrected chi connectivity index (χ1v) is 4.25. The van der Waals surface area contributed by atoms with Gasteiger partial charge in [-0.2, -0.15) is 18.3 Å². The molecule has 1 aromatic heterocycles. The molecule has 0 fully saturated rings. The molecule has 7 heteroatoms. The van der Waals surface area contributed by atoms with Crippen LogP contribution >= 0.6 is 0 Å². The van der Waals surface area contributed by atoms with E-state index in [1.807, 2.05) is 0 Å². The van der Waals surface area contributed by atoms with E-state index >= 15 is 0 Å². The molecule has 1 aliphatic rings. The number of hydrogen-bond acceptors (Lipinski definition) is 2. The average molecular weight is 224 g/mol. The van der Waals surface area contributed by atoms with E-state index in [-0.39, 0.29) is 12.1 Å². The smallest absolute Gasteiger partial charge is 0.385 e. The molecular weight excluding hydrogens is 216 g/mol. The Kier molecular flexibility index (Phi) is 1.89. The van der Waals surface area contributed by atoms with Crippen molar-refractivity contribution < 1.29 is 22.7 Å². The van der Waals surface area contributed by atoms with Crippen LogP contribution < -0.4 is 0 Å². The summed E-state index contributed by atoms with van der Waals surface area (Å²) in [6, 6.07) is 0. The minimum absolute atomic E-state index is 0.0137. The van der Waals surface area contributed by atoms with Crippen molar-refractivity contribution in [2.45, 2.75) is 31.3 Å². The lowest BCUT2D eigenvalue weighted by atomic mass is 10.0. The van der Waals surface area contributed by atoms with Crippen molar-refractivity contribution in [2.75, 3.05) is 0 Å². The number of nitrogens with zero attached hydrogens (tertiary/aromatic N) is 1. The van der Waals surface area contributed by atoms with Gasteiger partial charge in [0, 0.05) is 17.7 Å². The number of alkyl halides is 4. The van der Waals surface area contributed by atoms with Crippen LogP contribution in [0.25, 0.3) is 0 Å². The lowest BCUT2D eigenvalue weighted by molar-refractivity contribution is -0.143. The van der Waals surface area contributed by atoms with Crippen LogP contribution in [-0.2, 0) is 12.6 Å². The number of halogens is 4. The van der Waals surface area contributed by atoms with E-state index in [4.69, 9.17) is 0 Å². The number of fused-ring (bicyclic) bond motifs is 1. The molecule has 1 aliphatic carbocycles. The third-order valence-corrected chi connectivity index (χ3v) is 2.52. The summed E-state index contributed by atoms with van der Waals surface area (Å²) in [4.78, 5) is 0. The standard InChI is InChI=1S/C8H8F4N2O/c1-7(9)2-3-4(6(7)15)5(14-13-3)8(10,11)12/h6,15H,2H2,1H3,(H,13,14)/t6-,7?/m0/s1. The summed E-state index contributed by atoms with van der Waals surface area (Å²) in [5.74, 6) is 0. The molecule has 84 valence electrons. The minimum atomic E-state index is -4.68. The molecule has 2 N–H and O–H groups in total. The second-order valence-corrected chi connectivity index (χ2v) is 3.82. The fraction of sp³-hybridized carbons (Fsp3) is 0.625. The summed E-state index contributed by atoms with van der Waals surface area (Å²) >= 11 is 0. The minimum Gasteiger partial charge on any atom is -0.385 e. The fourth-order valence-electron chi connectivity index (χ4n) is 1.78. The number of aromatic nitrogens is 2. The number of nitrogens with one attached hydrogen (secondary N) is 1. The summed E-state index contributed by atoms with van der Waals surface area (Å²) in [5.41, 5.74) is -3.75. The third kappa shape index (κ3) is 1.41. The quantitative estimate of drug-likeness (QED) is 0.659. The molecule has 1 unspecified atom stereocenters. The van der Waals surface area contributed by atoms with Crippen LogP contribution in [0.15, 0.2) is 0 Å². The molecule has 0 saturated carbocycles. The van der Waals surface area contributed by atoms with Crippen LogP contribution in [0.3, 0.4) is 0 Å². The molecule has 2 rings (SSSR count). The van der Waals surface area contributed by atoms with Crippen LogP contribution in [0.5, 0.6) is 0 Å². The van der Waals surface area contributed by atoms with Gasteiger partial charge in [0.15, 0.2) is 5.69 Å². The molecule has 1 aromatic rings. The van der Waals surface area contributed by atoms with Gasteiger partial charge in [-0.25, -0.2) is 4.39 Å². The lowest BCUT2D eigenvalue weighted by Gasteiger charge is -2.18. The highest BCUT2D eigenvalue weighted by molar-refractivity contribution is 5.37. The van der Waals surface area contributed by atoms with Crippen molar-refractivity contribution in [3.8, 4) is 0 Å². The van der Waals surface area contributed by atoms with Crippen molar-refractivity contribution in [2.24, 2.45) is 0 Å². The van der Waals surface area contributed by atoms with Gasteiger partial charge in [0.2, 0.25) is 0 Å². The highest BCUT2D eigenvalue weighted by Gasteiger charge is 2.50. The Hall–Kier alpha value is -1.11. The molecule has 0 spiro atoms. The van der Waals surface area contributed by atoms with Gasteiger partial charge < -0.3 is 5.11 Å². The Balaban J connectivity index is 2.51. The summed E-state index contributed by atoms with van der Waals surface area (Å²) in [5, 5.41) is 14.6. The number of hydrogen-bond donors (Lipinski definition) is 2. The molecule has 0 aromatic carbocycles. The summed E-state index contributed by atoms with van der Waals surface area (Å²) in [6.45, 7) is 1.06. The monoisotopic (exact) mass is 224 g/mol. The normalized spacial score (nSPS) is 30.7. The van der Waals surface area contributed by atoms with Crippen LogP contribution in [0.1, 0.15) is 30.0 Å². The predicted octanol–water partition coefficient (Wildman–Crippen LogP) is 1.75. The topological polar surface area (TPSA) is 48.9 Å². The average Bonchev–Trinajstić information content (AvgIpc) is 2.51. The van der Waals surface area contributed by atoms with Crippen LogP contribution in [0, 0.1) is 0 Å². The third-order valence-electron chi connectivity index (χ3n) is 2.52. The second-order valence-electron chi connectivity index (χ2n) is 3.82. The molecule has 15 heavy (non-hydrogen) atoms. The van der Waals surface area contributed by atoms with E-state index in [1.54, 1.807) is 0 Å². The Morgan fingerprint density at radius 1 is 1.53 bits per heavy atom. The van der Waals surface area contributed by atoms with E-state index in [0.29, 0.717) is 0 Å². The first-order valence-electron chi connectivity index (χ1n) is 4.25. The second kappa shape index (κ2) is 2.72. The van der Waals surface area contributed by atoms with Crippen molar-refractivity contribution in [3.63, 3.8) is 0 Å². The number of aliphatic hydroxyl groups excluding tert-OH is 1. The van der Waals surface area contributed by atoms with Crippen molar-refractivity contribution >= 4 is 0 Å². The van der Waals surface area contributed by atoms with Crippen LogP contribution in [-0.4, -0.2) is 21.0 Å². The number of H-pyrrole nitrogens is 1. The highest BCUT2D eigenvalue weighted by Crippen LogP contribution is 2.46. The van der Waals surface area contributed by atoms with E-state index in [9.17, 15) is 22.7 Å². The molecule has 3 nitrogen and oxygen atoms in total. The van der Waals surface area contributed by atoms with Gasteiger partial charge in [0.05, 0.1) is 0 Å². The summed E-state index contributed by atoms with van der Waals surface area (Å²) < 4.78 is 50.7. The molecule has 0 saturated heterocycles. The zero-order valence-electron chi connectivity index (χ0n) is 7.69. The van der Waals surface area contributed by atoms with Crippen LogP contribution in [0.4, 0.5) is 17.6 Å². The van der Waals surface area contributed by atoms with Crippen molar-refractivity contribution in [3.05, 3.63) is 17.0 Å². The SMILES string of the molecule is CC1(F)Cc2[nH]nc(C(F)(F)F)c2[C@@H]1O. The number of aromatic amines is 1. The van der Waals surface area contributed by atoms with Gasteiger partial charge in [-0.15, -0.1) is 0 Å². The Morgan fingerprint density at radius 2 is 2.13 bits per heavy atom. The summed E-state index contributed by atoms with van der Waals surface area (Å²) in [6.07, 6.45) is -6.74. The first-order chi connectivity index (χ1) is 6.73. The number of rotatable bonds is 0. The highest BCUT2D eigenvalue weighted by atomic mass is 19.4. The summed E-state index contributed by atoms with van der Waals surface area (Å²) in [7, 11) is 0. The maximum absolute atomic E-state index is 13.5. The van der Waals surface area contributed by atoms with Crippen LogP contribution in [0.2, 0.25) is 0 Å². The molecule has 0 amide bonds. The maximum atomic E-state index is 13.5. The van der Waals surface area contributed by atoms with Gasteiger partial charge >= 0.3 is 6.18 Å². The van der Waals surface area contributed by atoms with Gasteiger partial charge in [-0.3, -0.25) is 5.10 Å². The van der Waals surface area contributed by atoms with Gasteiger partial charge in [0.25, 0.3) is 0 Å². The van der Waals surface area contributed by atoms with Crippen molar-refractivity contribution in [1.29, 1.82) is 0 Å². The Bertz CT molecular complexity index is 396. The Morgan fingerprint density at radius 3 is 2.67 bits per heavy atom. The predicted molar refractivity (Wildman–Crippen MR) is 41.8 cm³/mol. The maximum Gasteiger partial charge on any atom is 0.435 e. The zero-order chi connectivity index (χ0) is 11.4. The van der Waals surface area contributed by atoms with E-state index in [2.05, 4.69) is 10.2 Å². The van der Waals surface area contributed by atoms with Crippen molar-refractivity contribution in [1.82, 2.24) is 10.2 Å². The molecule has 0 aliphatic heterocycles. The lowest BCUT2D eigenvalue weighted by Crippen LogP contribution is -2.25. The molecule has 0 bridgehead atoms. The molecule has 0 radical (unpaired) electrons. The Labute approximate surface area is 82.1 Å². The van der Waals surface area contributed by atoms with Gasteiger partial charge in [-0.1, -0.05) is 0 Å².